The lowest BCUT2D eigenvalue weighted by Gasteiger charge is -2.28. The fourth-order valence-electron chi connectivity index (χ4n) is 10.6. The first-order valence-electron chi connectivity index (χ1n) is 33.8. The van der Waals surface area contributed by atoms with Crippen LogP contribution in [-0.4, -0.2) is 140 Å². The lowest BCUT2D eigenvalue weighted by molar-refractivity contribution is 0.0831. The molecule has 4 atom stereocenters. The maximum absolute atomic E-state index is 11.2. The molecule has 0 bridgehead atoms. The molecule has 0 fully saturated rings. The summed E-state index contributed by atoms with van der Waals surface area (Å²) in [5, 5.41) is 44.9. The van der Waals surface area contributed by atoms with Gasteiger partial charge >= 0.3 is 0 Å². The van der Waals surface area contributed by atoms with Gasteiger partial charge in [-0.25, -0.2) is 0 Å². The van der Waals surface area contributed by atoms with E-state index in [1.54, 1.807) is 0 Å². The monoisotopic (exact) mass is 1150 g/mol. The Morgan fingerprint density at radius 1 is 0.224 bits per heavy atom. The summed E-state index contributed by atoms with van der Waals surface area (Å²) in [5.74, 6) is 7.64. The summed E-state index contributed by atoms with van der Waals surface area (Å²) >= 11 is 7.65. The van der Waals surface area contributed by atoms with Crippen LogP contribution in [0.2, 0.25) is 0 Å². The lowest BCUT2D eigenvalue weighted by Crippen LogP contribution is -2.40. The van der Waals surface area contributed by atoms with Crippen molar-refractivity contribution in [2.24, 2.45) is 0 Å². The topological polar surface area (TPSA) is 87.4 Å². The van der Waals surface area contributed by atoms with Crippen molar-refractivity contribution in [3.05, 3.63) is 0 Å². The second-order valence-corrected chi connectivity index (χ2v) is 28.2. The number of rotatable bonds is 67. The van der Waals surface area contributed by atoms with E-state index in [0.29, 0.717) is 26.2 Å². The number of nitrogens with zero attached hydrogens (tertiary/aromatic N) is 2. The summed E-state index contributed by atoms with van der Waals surface area (Å²) in [7, 11) is 0. The SMILES string of the molecule is CCCCCCCCCCCCSCC(O)CN(CCCCCCN(CC(O)CSCCCCCCCCCCCC)CC(O)CSCCCCCCCCCCCC)CC(O)CSCCCCCCCCCCCC. The van der Waals surface area contributed by atoms with Gasteiger partial charge in [-0.15, -0.1) is 0 Å². The predicted molar refractivity (Wildman–Crippen MR) is 352 cm³/mol. The summed E-state index contributed by atoms with van der Waals surface area (Å²) in [6.07, 6.45) is 57.2. The zero-order chi connectivity index (χ0) is 55.3. The van der Waals surface area contributed by atoms with Gasteiger partial charge in [-0.3, -0.25) is 9.80 Å². The molecule has 0 aliphatic heterocycles. The molecule has 0 aromatic carbocycles. The second-order valence-electron chi connectivity index (χ2n) is 23.6. The molecule has 0 aliphatic carbocycles. The quantitative estimate of drug-likeness (QED) is 0.0442. The minimum Gasteiger partial charge on any atom is -0.391 e. The average Bonchev–Trinajstić information content (AvgIpc) is 3.40. The van der Waals surface area contributed by atoms with Crippen molar-refractivity contribution in [3.63, 3.8) is 0 Å². The number of aliphatic hydroxyl groups is 4. The van der Waals surface area contributed by atoms with Gasteiger partial charge in [0.05, 0.1) is 24.4 Å². The fourth-order valence-corrected chi connectivity index (χ4v) is 14.4. The van der Waals surface area contributed by atoms with E-state index in [9.17, 15) is 20.4 Å². The van der Waals surface area contributed by atoms with Crippen molar-refractivity contribution in [1.29, 1.82) is 0 Å². The molecular formula is C66H136N2O4S4. The van der Waals surface area contributed by atoms with Gasteiger partial charge in [0.25, 0.3) is 0 Å². The van der Waals surface area contributed by atoms with E-state index in [1.165, 1.54) is 257 Å². The van der Waals surface area contributed by atoms with Crippen LogP contribution in [0.3, 0.4) is 0 Å². The Bertz CT molecular complexity index is 917. The summed E-state index contributed by atoms with van der Waals surface area (Å²) in [4.78, 5) is 4.72. The largest absolute Gasteiger partial charge is 0.391 e. The molecular weight excluding hydrogens is 1010 g/mol. The third kappa shape index (κ3) is 61.2. The van der Waals surface area contributed by atoms with Crippen molar-refractivity contribution in [2.45, 2.75) is 335 Å². The smallest absolute Gasteiger partial charge is 0.0757 e. The van der Waals surface area contributed by atoms with Crippen molar-refractivity contribution < 1.29 is 20.4 Å². The van der Waals surface area contributed by atoms with Crippen LogP contribution < -0.4 is 0 Å². The van der Waals surface area contributed by atoms with E-state index in [-0.39, 0.29) is 24.4 Å². The number of thioether (sulfide) groups is 4. The Morgan fingerprint density at radius 2 is 0.382 bits per heavy atom. The number of aliphatic hydroxyl groups excluding tert-OH is 4. The molecule has 6 nitrogen and oxygen atoms in total. The molecule has 0 aromatic heterocycles. The maximum Gasteiger partial charge on any atom is 0.0757 e. The molecule has 0 aliphatic rings. The molecule has 4 unspecified atom stereocenters. The van der Waals surface area contributed by atoms with Crippen LogP contribution in [0.25, 0.3) is 0 Å². The highest BCUT2D eigenvalue weighted by molar-refractivity contribution is 7.99. The summed E-state index contributed by atoms with van der Waals surface area (Å²) in [6.45, 7) is 13.5. The van der Waals surface area contributed by atoms with Crippen molar-refractivity contribution in [3.8, 4) is 0 Å². The minimum absolute atomic E-state index is 0.368. The van der Waals surface area contributed by atoms with Crippen LogP contribution in [0.15, 0.2) is 0 Å². The fraction of sp³-hybridized carbons (Fsp3) is 1.00. The third-order valence-electron chi connectivity index (χ3n) is 15.4. The van der Waals surface area contributed by atoms with Crippen molar-refractivity contribution in [1.82, 2.24) is 9.80 Å². The molecule has 76 heavy (non-hydrogen) atoms. The van der Waals surface area contributed by atoms with Crippen LogP contribution in [0.1, 0.15) is 310 Å². The Balaban J connectivity index is 5.00. The molecule has 458 valence electrons. The summed E-state index contributed by atoms with van der Waals surface area (Å²) in [6, 6.07) is 0. The first-order valence-corrected chi connectivity index (χ1v) is 38.5. The van der Waals surface area contributed by atoms with E-state index in [1.807, 2.05) is 47.0 Å². The zero-order valence-electron chi connectivity index (χ0n) is 51.6. The molecule has 0 saturated carbocycles. The zero-order valence-corrected chi connectivity index (χ0v) is 54.9. The van der Waals surface area contributed by atoms with E-state index >= 15 is 0 Å². The molecule has 0 aromatic rings. The minimum atomic E-state index is -0.368. The van der Waals surface area contributed by atoms with Gasteiger partial charge in [-0.05, 0) is 74.6 Å². The van der Waals surface area contributed by atoms with E-state index in [2.05, 4.69) is 37.5 Å². The van der Waals surface area contributed by atoms with Crippen LogP contribution in [0.5, 0.6) is 0 Å². The third-order valence-corrected chi connectivity index (χ3v) is 20.2. The van der Waals surface area contributed by atoms with Crippen LogP contribution >= 0.6 is 47.0 Å². The van der Waals surface area contributed by atoms with E-state index in [4.69, 9.17) is 0 Å². The number of hydrogen-bond donors (Lipinski definition) is 4. The average molecular weight is 1150 g/mol. The standard InChI is InChI=1S/C66H136N2O4S4/c1-5-9-13-17-21-25-29-33-39-45-51-73-59-63(69)55-67(56-64(70)60-74-52-46-40-34-30-26-22-18-14-10-6-2)49-43-37-38-44-50-68(57-65(71)61-75-53-47-41-35-31-27-23-19-15-11-7-3)58-66(72)62-76-54-48-42-36-32-28-24-20-16-12-8-4/h63-66,69-72H,5-62H2,1-4H3. The van der Waals surface area contributed by atoms with Gasteiger partial charge in [0.15, 0.2) is 0 Å². The Hall–Kier alpha value is 1.16. The van der Waals surface area contributed by atoms with Crippen LogP contribution in [-0.2, 0) is 0 Å². The van der Waals surface area contributed by atoms with Crippen molar-refractivity contribution >= 4 is 47.0 Å². The molecule has 4 N–H and O–H groups in total. The second kappa shape index (κ2) is 65.3. The Labute approximate surface area is 494 Å². The molecule has 0 heterocycles. The van der Waals surface area contributed by atoms with Crippen molar-refractivity contribution in [2.75, 3.05) is 85.3 Å². The highest BCUT2D eigenvalue weighted by atomic mass is 32.2. The van der Waals surface area contributed by atoms with E-state index in [0.717, 1.165) is 84.8 Å². The number of unbranched alkanes of at least 4 members (excludes halogenated alkanes) is 39. The van der Waals surface area contributed by atoms with E-state index < -0.39 is 0 Å². The molecule has 10 heteroatoms. The lowest BCUT2D eigenvalue weighted by atomic mass is 10.1. The Kier molecular flexibility index (Phi) is 66.3. The van der Waals surface area contributed by atoms with Gasteiger partial charge in [0.1, 0.15) is 0 Å². The van der Waals surface area contributed by atoms with Crippen LogP contribution in [0.4, 0.5) is 0 Å². The highest BCUT2D eigenvalue weighted by Crippen LogP contribution is 2.19. The highest BCUT2D eigenvalue weighted by Gasteiger charge is 2.18. The van der Waals surface area contributed by atoms with Gasteiger partial charge in [-0.1, -0.05) is 272 Å². The van der Waals surface area contributed by atoms with Gasteiger partial charge in [0.2, 0.25) is 0 Å². The maximum atomic E-state index is 11.2. The van der Waals surface area contributed by atoms with Gasteiger partial charge in [0, 0.05) is 49.2 Å². The Morgan fingerprint density at radius 3 is 0.566 bits per heavy atom. The molecule has 0 rings (SSSR count). The summed E-state index contributed by atoms with van der Waals surface area (Å²) < 4.78 is 0. The predicted octanol–water partition coefficient (Wildman–Crippen LogP) is 19.2. The molecule has 0 saturated heterocycles. The molecule has 0 spiro atoms. The normalized spacial score (nSPS) is 13.7. The first-order chi connectivity index (χ1) is 37.4. The number of hydrogen-bond acceptors (Lipinski definition) is 10. The summed E-state index contributed by atoms with van der Waals surface area (Å²) in [5.41, 5.74) is 0. The first kappa shape index (κ1) is 77.2. The van der Waals surface area contributed by atoms with Crippen LogP contribution in [0, 0.1) is 0 Å². The van der Waals surface area contributed by atoms with Gasteiger partial charge in [-0.2, -0.15) is 47.0 Å². The molecule has 0 radical (unpaired) electrons. The molecule has 0 amide bonds. The van der Waals surface area contributed by atoms with Gasteiger partial charge < -0.3 is 20.4 Å².